The smallest absolute Gasteiger partial charge is 0.190 e. The molecule has 2 aliphatic carbocycles. The van der Waals surface area contributed by atoms with Crippen LogP contribution in [-0.4, -0.2) is 7.11 Å². The molecule has 25 heavy (non-hydrogen) atoms. The molecule has 2 saturated carbocycles. The van der Waals surface area contributed by atoms with E-state index in [1.807, 2.05) is 0 Å². The molecule has 1 aromatic carbocycles. The molecule has 138 valence electrons. The Hall–Kier alpha value is -1.38. The summed E-state index contributed by atoms with van der Waals surface area (Å²) in [5.41, 5.74) is 0.810. The van der Waals surface area contributed by atoms with Gasteiger partial charge in [0.25, 0.3) is 0 Å². The molecule has 0 radical (unpaired) electrons. The van der Waals surface area contributed by atoms with Crippen molar-refractivity contribution in [2.45, 2.75) is 64.2 Å². The third-order valence-electron chi connectivity index (χ3n) is 6.40. The van der Waals surface area contributed by atoms with Crippen LogP contribution in [0.4, 0.5) is 8.78 Å². The number of methoxy groups -OCH3 is 1. The second-order valence-corrected chi connectivity index (χ2v) is 7.87. The van der Waals surface area contributed by atoms with E-state index in [9.17, 15) is 8.78 Å². The van der Waals surface area contributed by atoms with Crippen LogP contribution in [0.25, 0.3) is 0 Å². The Morgan fingerprint density at radius 1 is 1.04 bits per heavy atom. The molecule has 2 fully saturated rings. The molecular formula is C22H30F2O. The largest absolute Gasteiger partial charge is 0.491 e. The number of ether oxygens (including phenoxy) is 1. The molecule has 0 saturated heterocycles. The lowest BCUT2D eigenvalue weighted by Gasteiger charge is -2.42. The van der Waals surface area contributed by atoms with Gasteiger partial charge in [0.15, 0.2) is 17.4 Å². The third-order valence-corrected chi connectivity index (χ3v) is 6.40. The molecular weight excluding hydrogens is 318 g/mol. The van der Waals surface area contributed by atoms with Crippen LogP contribution in [-0.2, 0) is 0 Å². The predicted octanol–water partition coefficient (Wildman–Crippen LogP) is 6.63. The van der Waals surface area contributed by atoms with Crippen molar-refractivity contribution in [3.63, 3.8) is 0 Å². The second-order valence-electron chi connectivity index (χ2n) is 7.87. The highest BCUT2D eigenvalue weighted by Crippen LogP contribution is 2.48. The Bertz CT molecular complexity index is 587. The molecule has 0 bridgehead atoms. The minimum Gasteiger partial charge on any atom is -0.491 e. The van der Waals surface area contributed by atoms with E-state index in [-0.39, 0.29) is 11.7 Å². The number of rotatable bonds is 5. The Morgan fingerprint density at radius 3 is 2.40 bits per heavy atom. The number of allylic oxidation sites excluding steroid dienone is 2. The fourth-order valence-electron chi connectivity index (χ4n) is 5.06. The molecule has 0 aliphatic heterocycles. The number of fused-ring (bicyclic) bond motifs is 1. The highest BCUT2D eigenvalue weighted by Gasteiger charge is 2.36. The zero-order chi connectivity index (χ0) is 17.8. The number of hydrogen-bond donors (Lipinski definition) is 0. The molecule has 0 heterocycles. The summed E-state index contributed by atoms with van der Waals surface area (Å²) in [5.74, 6) is 1.28. The first-order valence-corrected chi connectivity index (χ1v) is 9.76. The topological polar surface area (TPSA) is 9.23 Å². The van der Waals surface area contributed by atoms with Gasteiger partial charge in [-0.2, -0.15) is 0 Å². The Balaban J connectivity index is 1.61. The molecule has 3 rings (SSSR count). The normalized spacial score (nSPS) is 29.6. The van der Waals surface area contributed by atoms with Gasteiger partial charge >= 0.3 is 0 Å². The average molecular weight is 348 g/mol. The van der Waals surface area contributed by atoms with E-state index >= 15 is 0 Å². The first-order valence-electron chi connectivity index (χ1n) is 9.76. The Kier molecular flexibility index (Phi) is 6.14. The van der Waals surface area contributed by atoms with E-state index in [1.54, 1.807) is 0 Å². The molecule has 0 amide bonds. The van der Waals surface area contributed by atoms with Gasteiger partial charge in [-0.05, 0) is 93.2 Å². The molecule has 0 spiro atoms. The van der Waals surface area contributed by atoms with Crippen LogP contribution < -0.4 is 4.74 Å². The Labute approximate surface area is 150 Å². The third kappa shape index (κ3) is 4.24. The van der Waals surface area contributed by atoms with Gasteiger partial charge < -0.3 is 4.74 Å². The van der Waals surface area contributed by atoms with Crippen LogP contribution in [0.2, 0.25) is 0 Å². The summed E-state index contributed by atoms with van der Waals surface area (Å²) in [4.78, 5) is 0. The van der Waals surface area contributed by atoms with Crippen LogP contribution in [0, 0.1) is 29.4 Å². The maximum Gasteiger partial charge on any atom is 0.190 e. The predicted molar refractivity (Wildman–Crippen MR) is 97.9 cm³/mol. The second kappa shape index (κ2) is 8.33. The summed E-state index contributed by atoms with van der Waals surface area (Å²) in [6, 6.07) is 2.96. The molecule has 4 atom stereocenters. The van der Waals surface area contributed by atoms with E-state index in [0.29, 0.717) is 0 Å². The van der Waals surface area contributed by atoms with E-state index < -0.39 is 11.6 Å². The van der Waals surface area contributed by atoms with Gasteiger partial charge in [0.05, 0.1) is 7.11 Å². The van der Waals surface area contributed by atoms with Crippen molar-refractivity contribution in [3.05, 3.63) is 41.5 Å². The first kappa shape index (κ1) is 18.4. The summed E-state index contributed by atoms with van der Waals surface area (Å²) >= 11 is 0. The first-order chi connectivity index (χ1) is 12.1. The van der Waals surface area contributed by atoms with E-state index in [0.717, 1.165) is 36.2 Å². The number of benzene rings is 1. The molecule has 0 aromatic heterocycles. The van der Waals surface area contributed by atoms with Crippen LogP contribution in [0.5, 0.6) is 5.75 Å². The van der Waals surface area contributed by atoms with E-state index in [2.05, 4.69) is 19.1 Å². The molecule has 1 nitrogen and oxygen atoms in total. The van der Waals surface area contributed by atoms with Gasteiger partial charge in [0.2, 0.25) is 0 Å². The molecule has 3 heteroatoms. The standard InChI is InChI=1S/C22H30F2O/c1-3-4-5-6-15-7-8-17-12-18(10-9-16(17)11-15)19-13-20(23)22(25-2)21(24)14-19/h3-4,13-18H,5-12H2,1-2H3/b4-3+. The Morgan fingerprint density at radius 2 is 1.72 bits per heavy atom. The van der Waals surface area contributed by atoms with Crippen LogP contribution >= 0.6 is 0 Å². The summed E-state index contributed by atoms with van der Waals surface area (Å²) in [5, 5.41) is 0. The maximum absolute atomic E-state index is 14.0. The fourth-order valence-corrected chi connectivity index (χ4v) is 5.06. The van der Waals surface area contributed by atoms with Crippen molar-refractivity contribution < 1.29 is 13.5 Å². The monoisotopic (exact) mass is 348 g/mol. The van der Waals surface area contributed by atoms with Crippen LogP contribution in [0.15, 0.2) is 24.3 Å². The molecule has 2 aliphatic rings. The lowest BCUT2D eigenvalue weighted by molar-refractivity contribution is 0.114. The SMILES string of the molecule is C/C=C/CCC1CCC2CC(c3cc(F)c(OC)c(F)c3)CCC2C1. The highest BCUT2D eigenvalue weighted by molar-refractivity contribution is 5.33. The van der Waals surface area contributed by atoms with Gasteiger partial charge in [0, 0.05) is 0 Å². The quantitative estimate of drug-likeness (QED) is 0.543. The molecule has 1 aromatic rings. The van der Waals surface area contributed by atoms with Gasteiger partial charge in [0.1, 0.15) is 0 Å². The van der Waals surface area contributed by atoms with Gasteiger partial charge in [-0.1, -0.05) is 18.6 Å². The van der Waals surface area contributed by atoms with Crippen molar-refractivity contribution >= 4 is 0 Å². The van der Waals surface area contributed by atoms with E-state index in [4.69, 9.17) is 4.74 Å². The van der Waals surface area contributed by atoms with Crippen molar-refractivity contribution in [2.75, 3.05) is 7.11 Å². The maximum atomic E-state index is 14.0. The fraction of sp³-hybridized carbons (Fsp3) is 0.636. The summed E-state index contributed by atoms with van der Waals surface area (Å²) < 4.78 is 32.9. The van der Waals surface area contributed by atoms with Crippen molar-refractivity contribution in [1.29, 1.82) is 0 Å². The van der Waals surface area contributed by atoms with Crippen molar-refractivity contribution in [3.8, 4) is 5.75 Å². The number of hydrogen-bond acceptors (Lipinski definition) is 1. The van der Waals surface area contributed by atoms with Crippen LogP contribution in [0.3, 0.4) is 0 Å². The van der Waals surface area contributed by atoms with Gasteiger partial charge in [-0.25, -0.2) is 8.78 Å². The highest BCUT2D eigenvalue weighted by atomic mass is 19.1. The zero-order valence-electron chi connectivity index (χ0n) is 15.4. The van der Waals surface area contributed by atoms with Crippen molar-refractivity contribution in [1.82, 2.24) is 0 Å². The zero-order valence-corrected chi connectivity index (χ0v) is 15.4. The average Bonchev–Trinajstić information content (AvgIpc) is 2.61. The van der Waals surface area contributed by atoms with Gasteiger partial charge in [-0.15, -0.1) is 0 Å². The minimum absolute atomic E-state index is 0.265. The van der Waals surface area contributed by atoms with Crippen LogP contribution in [0.1, 0.15) is 69.8 Å². The molecule has 4 unspecified atom stereocenters. The van der Waals surface area contributed by atoms with Crippen molar-refractivity contribution in [2.24, 2.45) is 17.8 Å². The summed E-state index contributed by atoms with van der Waals surface area (Å²) in [6.45, 7) is 2.09. The van der Waals surface area contributed by atoms with E-state index in [1.165, 1.54) is 57.8 Å². The lowest BCUT2D eigenvalue weighted by Crippen LogP contribution is -2.30. The summed E-state index contributed by atoms with van der Waals surface area (Å²) in [7, 11) is 1.31. The van der Waals surface area contributed by atoms with Gasteiger partial charge in [-0.3, -0.25) is 0 Å². The summed E-state index contributed by atoms with van der Waals surface area (Å²) in [6.07, 6.45) is 14.2. The molecule has 0 N–H and O–H groups in total. The minimum atomic E-state index is -0.577. The lowest BCUT2D eigenvalue weighted by atomic mass is 9.63. The number of halogens is 2.